The van der Waals surface area contributed by atoms with E-state index in [2.05, 4.69) is 0 Å². The molecule has 0 spiro atoms. The van der Waals surface area contributed by atoms with Crippen molar-refractivity contribution in [1.82, 2.24) is 4.90 Å². The number of nitrogens with zero attached hydrogens (tertiary/aromatic N) is 1. The van der Waals surface area contributed by atoms with Gasteiger partial charge in [0.05, 0.1) is 6.26 Å². The molecular formula is C17H16FNO4S. The number of rotatable bonds is 4. The zero-order chi connectivity index (χ0) is 17.1. The molecular weight excluding hydrogens is 333 g/mol. The first kappa shape index (κ1) is 16.6. The van der Waals surface area contributed by atoms with Crippen molar-refractivity contribution in [3.63, 3.8) is 0 Å². The lowest BCUT2D eigenvalue weighted by atomic mass is 10.2. The van der Waals surface area contributed by atoms with Gasteiger partial charge in [-0.15, -0.1) is 11.8 Å². The van der Waals surface area contributed by atoms with Crippen LogP contribution in [0.15, 0.2) is 41.0 Å². The highest BCUT2D eigenvalue weighted by atomic mass is 32.2. The van der Waals surface area contributed by atoms with E-state index in [-0.39, 0.29) is 18.3 Å². The third-order valence-electron chi connectivity index (χ3n) is 3.79. The Balaban J connectivity index is 1.65. The van der Waals surface area contributed by atoms with E-state index in [0.717, 1.165) is 0 Å². The van der Waals surface area contributed by atoms with Gasteiger partial charge in [0.1, 0.15) is 22.5 Å². The highest BCUT2D eigenvalue weighted by Crippen LogP contribution is 2.38. The van der Waals surface area contributed by atoms with Crippen molar-refractivity contribution in [2.45, 2.75) is 12.3 Å². The number of hydrogen-bond donors (Lipinski definition) is 0. The Labute approximate surface area is 142 Å². The lowest BCUT2D eigenvalue weighted by Gasteiger charge is -2.24. The van der Waals surface area contributed by atoms with Crippen molar-refractivity contribution in [2.75, 3.05) is 18.9 Å². The smallest absolute Gasteiger partial charge is 0.342 e. The third-order valence-corrected chi connectivity index (χ3v) is 5.03. The minimum atomic E-state index is -0.608. The highest BCUT2D eigenvalue weighted by molar-refractivity contribution is 7.99. The second kappa shape index (κ2) is 7.09. The Bertz CT molecular complexity index is 761. The molecule has 1 saturated heterocycles. The van der Waals surface area contributed by atoms with Gasteiger partial charge in [-0.3, -0.25) is 4.79 Å². The van der Waals surface area contributed by atoms with Crippen molar-refractivity contribution >= 4 is 23.6 Å². The Hall–Kier alpha value is -2.28. The zero-order valence-electron chi connectivity index (χ0n) is 13.0. The van der Waals surface area contributed by atoms with E-state index in [1.807, 2.05) is 0 Å². The van der Waals surface area contributed by atoms with Crippen LogP contribution >= 0.6 is 11.8 Å². The number of esters is 1. The van der Waals surface area contributed by atoms with Crippen LogP contribution < -0.4 is 0 Å². The quantitative estimate of drug-likeness (QED) is 0.794. The van der Waals surface area contributed by atoms with Gasteiger partial charge in [-0.05, 0) is 19.1 Å². The summed E-state index contributed by atoms with van der Waals surface area (Å²) in [5, 5.41) is -0.395. The highest BCUT2D eigenvalue weighted by Gasteiger charge is 2.32. The van der Waals surface area contributed by atoms with E-state index in [1.165, 1.54) is 30.2 Å². The zero-order valence-corrected chi connectivity index (χ0v) is 13.8. The van der Waals surface area contributed by atoms with Crippen LogP contribution in [0.25, 0.3) is 0 Å². The number of aryl methyl sites for hydroxylation is 1. The largest absolute Gasteiger partial charge is 0.469 e. The number of ether oxygens (including phenoxy) is 1. The van der Waals surface area contributed by atoms with Gasteiger partial charge in [-0.25, -0.2) is 9.18 Å². The average Bonchev–Trinajstić information content (AvgIpc) is 3.21. The molecule has 1 atom stereocenters. The summed E-state index contributed by atoms with van der Waals surface area (Å²) in [5.74, 6) is -0.153. The minimum Gasteiger partial charge on any atom is -0.469 e. The Morgan fingerprint density at radius 1 is 1.38 bits per heavy atom. The molecule has 2 heterocycles. The maximum absolute atomic E-state index is 14.0. The number of benzene rings is 1. The molecule has 0 aliphatic carbocycles. The fourth-order valence-electron chi connectivity index (χ4n) is 2.54. The second-order valence-corrected chi connectivity index (χ2v) is 6.49. The van der Waals surface area contributed by atoms with Crippen LogP contribution in [0.5, 0.6) is 0 Å². The summed E-state index contributed by atoms with van der Waals surface area (Å²) in [7, 11) is 0. The Morgan fingerprint density at radius 2 is 2.17 bits per heavy atom. The monoisotopic (exact) mass is 349 g/mol. The number of thioether (sulfide) groups is 1. The van der Waals surface area contributed by atoms with Gasteiger partial charge >= 0.3 is 5.97 Å². The predicted octanol–water partition coefficient (Wildman–Crippen LogP) is 3.16. The number of halogens is 1. The first-order valence-corrected chi connectivity index (χ1v) is 8.49. The van der Waals surface area contributed by atoms with E-state index < -0.39 is 11.3 Å². The lowest BCUT2D eigenvalue weighted by Crippen LogP contribution is -2.34. The molecule has 0 unspecified atom stereocenters. The SMILES string of the molecule is Cc1occc1C(=O)OCC(=O)N1CCS[C@@H]1c1ccccc1F. The van der Waals surface area contributed by atoms with Crippen molar-refractivity contribution in [3.8, 4) is 0 Å². The van der Waals surface area contributed by atoms with E-state index in [4.69, 9.17) is 9.15 Å². The van der Waals surface area contributed by atoms with Crippen LogP contribution in [0.2, 0.25) is 0 Å². The van der Waals surface area contributed by atoms with Crippen LogP contribution in [0.4, 0.5) is 4.39 Å². The van der Waals surface area contributed by atoms with Crippen LogP contribution in [0.1, 0.15) is 27.1 Å². The molecule has 1 aliphatic heterocycles. The number of amides is 1. The van der Waals surface area contributed by atoms with Crippen molar-refractivity contribution < 1.29 is 23.1 Å². The molecule has 126 valence electrons. The first-order chi connectivity index (χ1) is 11.6. The van der Waals surface area contributed by atoms with E-state index in [0.29, 0.717) is 29.2 Å². The second-order valence-electron chi connectivity index (χ2n) is 5.30. The molecule has 0 radical (unpaired) electrons. The molecule has 3 rings (SSSR count). The topological polar surface area (TPSA) is 59.8 Å². The summed E-state index contributed by atoms with van der Waals surface area (Å²) in [5.41, 5.74) is 0.759. The minimum absolute atomic E-state index is 0.296. The summed E-state index contributed by atoms with van der Waals surface area (Å²) in [4.78, 5) is 25.9. The maximum Gasteiger partial charge on any atom is 0.342 e. The van der Waals surface area contributed by atoms with Gasteiger partial charge in [-0.2, -0.15) is 0 Å². The standard InChI is InChI=1S/C17H16FNO4S/c1-11-12(6-8-22-11)17(21)23-10-15(20)19-7-9-24-16(19)13-4-2-3-5-14(13)18/h2-6,8,16H,7,9-10H2,1H3/t16-/m1/s1. The molecule has 5 nitrogen and oxygen atoms in total. The Kier molecular flexibility index (Phi) is 4.89. The van der Waals surface area contributed by atoms with Crippen LogP contribution in [-0.2, 0) is 9.53 Å². The molecule has 0 N–H and O–H groups in total. The molecule has 1 aromatic carbocycles. The molecule has 2 aromatic rings. The van der Waals surface area contributed by atoms with E-state index in [1.54, 1.807) is 30.0 Å². The Morgan fingerprint density at radius 3 is 2.88 bits per heavy atom. The van der Waals surface area contributed by atoms with Gasteiger partial charge in [0.15, 0.2) is 6.61 Å². The van der Waals surface area contributed by atoms with Gasteiger partial charge in [0.25, 0.3) is 5.91 Å². The third kappa shape index (κ3) is 3.31. The van der Waals surface area contributed by atoms with Gasteiger partial charge in [0, 0.05) is 17.9 Å². The fraction of sp³-hybridized carbons (Fsp3) is 0.294. The van der Waals surface area contributed by atoms with Crippen LogP contribution in [-0.4, -0.2) is 35.7 Å². The average molecular weight is 349 g/mol. The number of carbonyl (C=O) groups excluding carboxylic acids is 2. The van der Waals surface area contributed by atoms with Crippen LogP contribution in [0, 0.1) is 12.7 Å². The van der Waals surface area contributed by atoms with Crippen molar-refractivity contribution in [2.24, 2.45) is 0 Å². The van der Waals surface area contributed by atoms with E-state index in [9.17, 15) is 14.0 Å². The van der Waals surface area contributed by atoms with Gasteiger partial charge < -0.3 is 14.1 Å². The summed E-state index contributed by atoms with van der Waals surface area (Å²) < 4.78 is 24.1. The van der Waals surface area contributed by atoms with Gasteiger partial charge in [-0.1, -0.05) is 18.2 Å². The number of furan rings is 1. The van der Waals surface area contributed by atoms with Crippen LogP contribution in [0.3, 0.4) is 0 Å². The molecule has 0 saturated carbocycles. The molecule has 1 aliphatic rings. The summed E-state index contributed by atoms with van der Waals surface area (Å²) in [6, 6.07) is 7.88. The molecule has 1 amide bonds. The van der Waals surface area contributed by atoms with E-state index >= 15 is 0 Å². The first-order valence-electron chi connectivity index (χ1n) is 7.44. The molecule has 1 aromatic heterocycles. The van der Waals surface area contributed by atoms with Gasteiger partial charge in [0.2, 0.25) is 0 Å². The molecule has 0 bridgehead atoms. The number of carbonyl (C=O) groups is 2. The molecule has 24 heavy (non-hydrogen) atoms. The fourth-order valence-corrected chi connectivity index (χ4v) is 3.84. The maximum atomic E-state index is 14.0. The molecule has 7 heteroatoms. The summed E-state index contributed by atoms with van der Waals surface area (Å²) in [6.45, 7) is 1.75. The lowest BCUT2D eigenvalue weighted by molar-refractivity contribution is -0.134. The molecule has 1 fully saturated rings. The number of hydrogen-bond acceptors (Lipinski definition) is 5. The summed E-state index contributed by atoms with van der Waals surface area (Å²) in [6.07, 6.45) is 1.39. The predicted molar refractivity (Wildman–Crippen MR) is 87.0 cm³/mol. The van der Waals surface area contributed by atoms with Crippen molar-refractivity contribution in [3.05, 3.63) is 59.3 Å². The van der Waals surface area contributed by atoms with Crippen molar-refractivity contribution in [1.29, 1.82) is 0 Å². The normalized spacial score (nSPS) is 17.1. The summed E-state index contributed by atoms with van der Waals surface area (Å²) >= 11 is 1.49.